The maximum absolute atomic E-state index is 11.9. The first-order valence-electron chi connectivity index (χ1n) is 8.71. The summed E-state index contributed by atoms with van der Waals surface area (Å²) < 4.78 is 2.14. The minimum absolute atomic E-state index is 0.0996. The number of aryl methyl sites for hydroxylation is 1. The molecule has 24 heavy (non-hydrogen) atoms. The van der Waals surface area contributed by atoms with E-state index in [0.29, 0.717) is 11.8 Å². The maximum atomic E-state index is 11.9. The van der Waals surface area contributed by atoms with E-state index in [9.17, 15) is 4.79 Å². The van der Waals surface area contributed by atoms with Gasteiger partial charge >= 0.3 is 0 Å². The van der Waals surface area contributed by atoms with Crippen LogP contribution in [0.15, 0.2) is 10.5 Å². The van der Waals surface area contributed by atoms with Crippen LogP contribution in [0, 0.1) is 0 Å². The smallest absolute Gasteiger partial charge is 0.230 e. The third kappa shape index (κ3) is 3.24. The summed E-state index contributed by atoms with van der Waals surface area (Å²) in [4.78, 5) is 13.4. The van der Waals surface area contributed by atoms with Gasteiger partial charge in [0.15, 0.2) is 11.0 Å². The molecular formula is C17H22N4OS2. The van der Waals surface area contributed by atoms with E-state index in [0.717, 1.165) is 36.8 Å². The Morgan fingerprint density at radius 2 is 2.21 bits per heavy atom. The summed E-state index contributed by atoms with van der Waals surface area (Å²) in [6.45, 7) is 2.93. The Hall–Kier alpha value is -1.34. The highest BCUT2D eigenvalue weighted by Crippen LogP contribution is 2.36. The van der Waals surface area contributed by atoms with Crippen molar-refractivity contribution in [2.45, 2.75) is 63.2 Å². The molecule has 0 aromatic carbocycles. The van der Waals surface area contributed by atoms with Gasteiger partial charge in [-0.3, -0.25) is 4.79 Å². The molecule has 0 saturated heterocycles. The molecule has 1 fully saturated rings. The summed E-state index contributed by atoms with van der Waals surface area (Å²) in [6.07, 6.45) is 7.15. The number of hydrogen-bond donors (Lipinski definition) is 1. The number of carbonyl (C=O) groups excluding carboxylic acids is 1. The molecule has 0 atom stereocenters. The number of thiophene rings is 1. The van der Waals surface area contributed by atoms with E-state index in [1.165, 1.54) is 47.0 Å². The van der Waals surface area contributed by atoms with Gasteiger partial charge < -0.3 is 9.88 Å². The van der Waals surface area contributed by atoms with Crippen molar-refractivity contribution in [1.82, 2.24) is 20.1 Å². The zero-order valence-corrected chi connectivity index (χ0v) is 15.5. The standard InChI is InChI=1S/C17H22N4OS2/c1-2-21-16(13-9-23-14-6-4-3-5-12(13)14)19-20-17(21)24-10-15(22)18-11-7-8-11/h9,11H,2-8,10H2,1H3,(H,18,22). The third-order valence-electron chi connectivity index (χ3n) is 4.61. The summed E-state index contributed by atoms with van der Waals surface area (Å²) in [5.41, 5.74) is 2.72. The fourth-order valence-electron chi connectivity index (χ4n) is 3.19. The largest absolute Gasteiger partial charge is 0.353 e. The first-order valence-corrected chi connectivity index (χ1v) is 10.6. The number of amides is 1. The highest BCUT2D eigenvalue weighted by atomic mass is 32.2. The number of thioether (sulfide) groups is 1. The Kier molecular flexibility index (Phi) is 4.63. The van der Waals surface area contributed by atoms with Crippen molar-refractivity contribution < 1.29 is 4.79 Å². The van der Waals surface area contributed by atoms with Crippen LogP contribution in [-0.4, -0.2) is 32.5 Å². The van der Waals surface area contributed by atoms with E-state index in [1.807, 2.05) is 11.3 Å². The molecule has 7 heteroatoms. The van der Waals surface area contributed by atoms with Crippen LogP contribution in [0.25, 0.3) is 11.4 Å². The van der Waals surface area contributed by atoms with Crippen molar-refractivity contribution in [3.05, 3.63) is 15.8 Å². The predicted molar refractivity (Wildman–Crippen MR) is 97.5 cm³/mol. The molecule has 2 aliphatic rings. The molecule has 0 bridgehead atoms. The van der Waals surface area contributed by atoms with Gasteiger partial charge in [-0.05, 0) is 51.0 Å². The second-order valence-corrected chi connectivity index (χ2v) is 8.35. The molecule has 0 unspecified atom stereocenters. The Morgan fingerprint density at radius 3 is 3.00 bits per heavy atom. The molecule has 2 aromatic heterocycles. The van der Waals surface area contributed by atoms with E-state index in [-0.39, 0.29) is 5.91 Å². The number of hydrogen-bond acceptors (Lipinski definition) is 5. The van der Waals surface area contributed by atoms with Gasteiger partial charge in [0, 0.05) is 28.4 Å². The van der Waals surface area contributed by atoms with Crippen LogP contribution >= 0.6 is 23.1 Å². The average molecular weight is 363 g/mol. The minimum atomic E-state index is 0.0996. The summed E-state index contributed by atoms with van der Waals surface area (Å²) in [5, 5.41) is 14.9. The van der Waals surface area contributed by atoms with Crippen molar-refractivity contribution in [3.63, 3.8) is 0 Å². The summed E-state index contributed by atoms with van der Waals surface area (Å²) in [5.74, 6) is 1.47. The summed E-state index contributed by atoms with van der Waals surface area (Å²) in [7, 11) is 0. The van der Waals surface area contributed by atoms with Gasteiger partial charge in [0.2, 0.25) is 5.91 Å². The van der Waals surface area contributed by atoms with Crippen molar-refractivity contribution in [1.29, 1.82) is 0 Å². The van der Waals surface area contributed by atoms with Crippen molar-refractivity contribution >= 4 is 29.0 Å². The molecule has 4 rings (SSSR count). The number of aromatic nitrogens is 3. The van der Waals surface area contributed by atoms with Gasteiger partial charge in [0.25, 0.3) is 0 Å². The lowest BCUT2D eigenvalue weighted by atomic mass is 9.96. The SMILES string of the molecule is CCn1c(SCC(=O)NC2CC2)nnc1-c1csc2c1CCCC2. The fourth-order valence-corrected chi connectivity index (χ4v) is 5.13. The summed E-state index contributed by atoms with van der Waals surface area (Å²) in [6, 6.07) is 0.412. The molecule has 0 radical (unpaired) electrons. The monoisotopic (exact) mass is 362 g/mol. The molecule has 1 N–H and O–H groups in total. The first kappa shape index (κ1) is 16.1. The Balaban J connectivity index is 1.53. The Labute approximate surface area is 150 Å². The fraction of sp³-hybridized carbons (Fsp3) is 0.588. The second kappa shape index (κ2) is 6.88. The maximum Gasteiger partial charge on any atom is 0.230 e. The van der Waals surface area contributed by atoms with Gasteiger partial charge in [-0.15, -0.1) is 21.5 Å². The molecule has 2 heterocycles. The first-order chi connectivity index (χ1) is 11.8. The molecule has 0 aliphatic heterocycles. The van der Waals surface area contributed by atoms with Crippen molar-refractivity contribution in [2.24, 2.45) is 0 Å². The van der Waals surface area contributed by atoms with Gasteiger partial charge in [0.05, 0.1) is 5.75 Å². The molecule has 0 spiro atoms. The zero-order valence-electron chi connectivity index (χ0n) is 13.9. The van der Waals surface area contributed by atoms with E-state index < -0.39 is 0 Å². The topological polar surface area (TPSA) is 59.8 Å². The molecular weight excluding hydrogens is 340 g/mol. The Morgan fingerprint density at radius 1 is 1.38 bits per heavy atom. The van der Waals surface area contributed by atoms with Crippen LogP contribution in [0.4, 0.5) is 0 Å². The number of nitrogens with one attached hydrogen (secondary N) is 1. The zero-order chi connectivity index (χ0) is 16.5. The normalized spacial score (nSPS) is 16.9. The van der Waals surface area contributed by atoms with Gasteiger partial charge in [-0.1, -0.05) is 11.8 Å². The molecule has 2 aromatic rings. The van der Waals surface area contributed by atoms with Crippen LogP contribution < -0.4 is 5.32 Å². The number of carbonyl (C=O) groups is 1. The van der Waals surface area contributed by atoms with Gasteiger partial charge in [-0.2, -0.15) is 0 Å². The highest BCUT2D eigenvalue weighted by molar-refractivity contribution is 7.99. The predicted octanol–water partition coefficient (Wildman–Crippen LogP) is 3.28. The van der Waals surface area contributed by atoms with Crippen molar-refractivity contribution in [2.75, 3.05) is 5.75 Å². The van der Waals surface area contributed by atoms with Crippen LogP contribution in [0.1, 0.15) is 43.0 Å². The summed E-state index contributed by atoms with van der Waals surface area (Å²) >= 11 is 3.34. The lowest BCUT2D eigenvalue weighted by molar-refractivity contribution is -0.118. The number of nitrogens with zero attached hydrogens (tertiary/aromatic N) is 3. The molecule has 1 saturated carbocycles. The quantitative estimate of drug-likeness (QED) is 0.801. The van der Waals surface area contributed by atoms with E-state index in [4.69, 9.17) is 0 Å². The highest BCUT2D eigenvalue weighted by Gasteiger charge is 2.24. The van der Waals surface area contributed by atoms with Crippen LogP contribution in [0.3, 0.4) is 0 Å². The van der Waals surface area contributed by atoms with E-state index in [1.54, 1.807) is 0 Å². The molecule has 1 amide bonds. The van der Waals surface area contributed by atoms with E-state index >= 15 is 0 Å². The van der Waals surface area contributed by atoms with Gasteiger partial charge in [0.1, 0.15) is 0 Å². The third-order valence-corrected chi connectivity index (χ3v) is 6.67. The number of fused-ring (bicyclic) bond motifs is 1. The molecule has 128 valence electrons. The van der Waals surface area contributed by atoms with E-state index in [2.05, 4.69) is 32.4 Å². The lowest BCUT2D eigenvalue weighted by Crippen LogP contribution is -2.27. The lowest BCUT2D eigenvalue weighted by Gasteiger charge is -2.13. The van der Waals surface area contributed by atoms with Crippen LogP contribution in [0.2, 0.25) is 0 Å². The van der Waals surface area contributed by atoms with Crippen molar-refractivity contribution in [3.8, 4) is 11.4 Å². The minimum Gasteiger partial charge on any atom is -0.353 e. The second-order valence-electron chi connectivity index (χ2n) is 6.44. The Bertz CT molecular complexity index is 748. The molecule has 5 nitrogen and oxygen atoms in total. The average Bonchev–Trinajstić information content (AvgIpc) is 3.16. The molecule has 2 aliphatic carbocycles. The van der Waals surface area contributed by atoms with Crippen LogP contribution in [-0.2, 0) is 24.2 Å². The number of rotatable bonds is 6. The van der Waals surface area contributed by atoms with Gasteiger partial charge in [-0.25, -0.2) is 0 Å². The van der Waals surface area contributed by atoms with Crippen LogP contribution in [0.5, 0.6) is 0 Å².